The van der Waals surface area contributed by atoms with Crippen LogP contribution in [0.5, 0.6) is 0 Å². The van der Waals surface area contributed by atoms with Gasteiger partial charge in [-0.05, 0) is 50.3 Å². The van der Waals surface area contributed by atoms with Gasteiger partial charge in [-0.1, -0.05) is 48.0 Å². The Bertz CT molecular complexity index is 1400. The summed E-state index contributed by atoms with van der Waals surface area (Å²) in [6.45, 7) is 6.75. The van der Waals surface area contributed by atoms with Gasteiger partial charge in [0.15, 0.2) is 0 Å². The van der Waals surface area contributed by atoms with Crippen LogP contribution < -0.4 is 15.2 Å². The molecule has 0 amide bonds. The van der Waals surface area contributed by atoms with Gasteiger partial charge in [-0.25, -0.2) is 5.43 Å². The fraction of sp³-hybridized carbons (Fsp3) is 0.357. The number of nitrogens with zero attached hydrogens (tertiary/aromatic N) is 7. The van der Waals surface area contributed by atoms with E-state index in [0.717, 1.165) is 70.8 Å². The molecule has 0 radical (unpaired) electrons. The second kappa shape index (κ2) is 10.4. The molecule has 0 saturated carbocycles. The monoisotopic (exact) mass is 514 g/mol. The summed E-state index contributed by atoms with van der Waals surface area (Å²) in [6.07, 6.45) is 6.55. The zero-order valence-electron chi connectivity index (χ0n) is 21.1. The number of benzene rings is 2. The normalized spacial score (nSPS) is 15.9. The Morgan fingerprint density at radius 3 is 2.16 bits per heavy atom. The first-order chi connectivity index (χ1) is 18.2. The minimum Gasteiger partial charge on any atom is -0.341 e. The van der Waals surface area contributed by atoms with Crippen molar-refractivity contribution in [2.75, 3.05) is 41.4 Å². The van der Waals surface area contributed by atoms with Crippen LogP contribution in [0.4, 0.5) is 17.8 Å². The number of aromatic nitrogens is 4. The number of fused-ring (bicyclic) bond motifs is 1. The maximum atomic E-state index is 6.48. The molecule has 2 aromatic heterocycles. The number of hydrogen-bond acceptors (Lipinski definition) is 7. The third-order valence-corrected chi connectivity index (χ3v) is 7.68. The molecule has 4 aromatic rings. The Morgan fingerprint density at radius 2 is 1.49 bits per heavy atom. The van der Waals surface area contributed by atoms with Crippen molar-refractivity contribution in [3.63, 3.8) is 0 Å². The van der Waals surface area contributed by atoms with E-state index in [4.69, 9.17) is 26.6 Å². The zero-order chi connectivity index (χ0) is 25.2. The van der Waals surface area contributed by atoms with Crippen molar-refractivity contribution in [2.24, 2.45) is 5.10 Å². The molecule has 2 saturated heterocycles. The second-order valence-corrected chi connectivity index (χ2v) is 10.1. The number of para-hydroxylation sites is 1. The van der Waals surface area contributed by atoms with Crippen molar-refractivity contribution in [1.82, 2.24) is 19.5 Å². The van der Waals surface area contributed by atoms with Crippen LogP contribution in [0.25, 0.3) is 10.9 Å². The smallest absolute Gasteiger partial charge is 0.250 e. The van der Waals surface area contributed by atoms with Gasteiger partial charge in [-0.2, -0.15) is 20.1 Å². The van der Waals surface area contributed by atoms with E-state index in [-0.39, 0.29) is 0 Å². The minimum absolute atomic E-state index is 0.479. The van der Waals surface area contributed by atoms with Gasteiger partial charge in [0, 0.05) is 59.9 Å². The van der Waals surface area contributed by atoms with Crippen LogP contribution in [0.3, 0.4) is 0 Å². The molecule has 0 aliphatic carbocycles. The van der Waals surface area contributed by atoms with Crippen molar-refractivity contribution < 1.29 is 0 Å². The topological polar surface area (TPSA) is 74.5 Å². The van der Waals surface area contributed by atoms with Crippen LogP contribution >= 0.6 is 11.6 Å². The van der Waals surface area contributed by atoms with Crippen molar-refractivity contribution in [3.8, 4) is 0 Å². The highest BCUT2D eigenvalue weighted by Gasteiger charge is 2.21. The molecule has 2 aromatic carbocycles. The quantitative estimate of drug-likeness (QED) is 0.260. The van der Waals surface area contributed by atoms with E-state index in [9.17, 15) is 0 Å². The Labute approximate surface area is 222 Å². The fourth-order valence-electron chi connectivity index (χ4n) is 5.30. The van der Waals surface area contributed by atoms with Gasteiger partial charge in [-0.3, -0.25) is 0 Å². The lowest BCUT2D eigenvalue weighted by atomic mass is 10.1. The Morgan fingerprint density at radius 1 is 0.865 bits per heavy atom. The lowest BCUT2D eigenvalue weighted by Gasteiger charge is -2.20. The molecule has 2 aliphatic rings. The molecule has 0 atom stereocenters. The molecule has 0 spiro atoms. The molecular weight excluding hydrogens is 484 g/mol. The van der Waals surface area contributed by atoms with Crippen LogP contribution in [0.1, 0.15) is 42.5 Å². The highest BCUT2D eigenvalue weighted by molar-refractivity contribution is 6.31. The van der Waals surface area contributed by atoms with Crippen LogP contribution in [0.15, 0.2) is 53.6 Å². The van der Waals surface area contributed by atoms with Crippen molar-refractivity contribution in [3.05, 3.63) is 70.4 Å². The predicted octanol–water partition coefficient (Wildman–Crippen LogP) is 5.48. The molecule has 2 fully saturated rings. The molecule has 0 unspecified atom stereocenters. The number of nitrogens with one attached hydrogen (secondary N) is 1. The third-order valence-electron chi connectivity index (χ3n) is 7.31. The Hall–Kier alpha value is -3.65. The van der Waals surface area contributed by atoms with E-state index >= 15 is 0 Å². The number of hydrazone groups is 1. The molecule has 190 valence electrons. The molecule has 0 bridgehead atoms. The summed E-state index contributed by atoms with van der Waals surface area (Å²) < 4.78 is 2.29. The van der Waals surface area contributed by atoms with E-state index in [1.165, 1.54) is 25.7 Å². The van der Waals surface area contributed by atoms with Gasteiger partial charge in [-0.15, -0.1) is 0 Å². The number of anilines is 3. The molecule has 9 heteroatoms. The number of rotatable bonds is 7. The van der Waals surface area contributed by atoms with Crippen LogP contribution in [0.2, 0.25) is 5.02 Å². The molecule has 6 rings (SSSR count). The molecule has 37 heavy (non-hydrogen) atoms. The summed E-state index contributed by atoms with van der Waals surface area (Å²) >= 11 is 6.48. The van der Waals surface area contributed by atoms with Gasteiger partial charge in [0.05, 0.1) is 6.21 Å². The van der Waals surface area contributed by atoms with E-state index in [0.29, 0.717) is 12.5 Å². The van der Waals surface area contributed by atoms with Crippen LogP contribution in [-0.2, 0) is 6.54 Å². The van der Waals surface area contributed by atoms with Crippen LogP contribution in [-0.4, -0.2) is 51.9 Å². The standard InChI is InChI=1S/C28H31ClN8/c1-20-23(22-11-3-5-13-25(22)37(20)19-21-10-2-4-12-24(21)29)18-30-34-26-31-27(35-14-6-7-15-35)33-28(32-26)36-16-8-9-17-36/h2-5,10-13,18H,6-9,14-17,19H2,1H3,(H,31,32,33,34)/b30-18-. The van der Waals surface area contributed by atoms with E-state index < -0.39 is 0 Å². The largest absolute Gasteiger partial charge is 0.341 e. The van der Waals surface area contributed by atoms with Gasteiger partial charge >= 0.3 is 0 Å². The second-order valence-electron chi connectivity index (χ2n) is 9.71. The van der Waals surface area contributed by atoms with Crippen molar-refractivity contribution >= 4 is 46.6 Å². The third kappa shape index (κ3) is 4.85. The van der Waals surface area contributed by atoms with E-state index in [1.54, 1.807) is 0 Å². The summed E-state index contributed by atoms with van der Waals surface area (Å²) in [5, 5.41) is 6.51. The summed E-state index contributed by atoms with van der Waals surface area (Å²) in [6, 6.07) is 16.4. The average Bonchev–Trinajstić information content (AvgIpc) is 3.69. The SMILES string of the molecule is Cc1c(/C=N\Nc2nc(N3CCCC3)nc(N3CCCC3)n2)c2ccccc2n1Cc1ccccc1Cl. The van der Waals surface area contributed by atoms with Gasteiger partial charge < -0.3 is 14.4 Å². The molecule has 4 heterocycles. The highest BCUT2D eigenvalue weighted by Crippen LogP contribution is 2.28. The summed E-state index contributed by atoms with van der Waals surface area (Å²) in [5.41, 5.74) is 7.52. The van der Waals surface area contributed by atoms with Gasteiger partial charge in [0.1, 0.15) is 0 Å². The van der Waals surface area contributed by atoms with E-state index in [1.807, 2.05) is 24.4 Å². The Balaban J connectivity index is 1.30. The van der Waals surface area contributed by atoms with E-state index in [2.05, 4.69) is 62.1 Å². The van der Waals surface area contributed by atoms with Gasteiger partial charge in [0.25, 0.3) is 0 Å². The summed E-state index contributed by atoms with van der Waals surface area (Å²) in [7, 11) is 0. The molecule has 1 N–H and O–H groups in total. The van der Waals surface area contributed by atoms with Crippen LogP contribution in [0, 0.1) is 6.92 Å². The minimum atomic E-state index is 0.479. The number of halogens is 1. The average molecular weight is 515 g/mol. The lowest BCUT2D eigenvalue weighted by Crippen LogP contribution is -2.25. The first-order valence-electron chi connectivity index (χ1n) is 13.0. The first kappa shape index (κ1) is 23.7. The number of hydrogen-bond donors (Lipinski definition) is 1. The maximum absolute atomic E-state index is 6.48. The molecule has 2 aliphatic heterocycles. The summed E-state index contributed by atoms with van der Waals surface area (Å²) in [5.74, 6) is 1.95. The Kier molecular flexibility index (Phi) is 6.66. The maximum Gasteiger partial charge on any atom is 0.250 e. The predicted molar refractivity (Wildman–Crippen MR) is 151 cm³/mol. The lowest BCUT2D eigenvalue weighted by molar-refractivity contribution is 0.804. The highest BCUT2D eigenvalue weighted by atomic mass is 35.5. The van der Waals surface area contributed by atoms with Crippen molar-refractivity contribution in [1.29, 1.82) is 0 Å². The van der Waals surface area contributed by atoms with Crippen molar-refractivity contribution in [2.45, 2.75) is 39.2 Å². The fourth-order valence-corrected chi connectivity index (χ4v) is 5.49. The summed E-state index contributed by atoms with van der Waals surface area (Å²) in [4.78, 5) is 18.7. The molecular formula is C28H31ClN8. The molecule has 8 nitrogen and oxygen atoms in total. The zero-order valence-corrected chi connectivity index (χ0v) is 21.8. The first-order valence-corrected chi connectivity index (χ1v) is 13.4. The van der Waals surface area contributed by atoms with Gasteiger partial charge in [0.2, 0.25) is 17.8 Å².